The van der Waals surface area contributed by atoms with Crippen LogP contribution in [0.1, 0.15) is 22.5 Å². The van der Waals surface area contributed by atoms with Crippen LogP contribution in [0, 0.1) is 6.92 Å². The largest absolute Gasteiger partial charge is 0.497 e. The van der Waals surface area contributed by atoms with Gasteiger partial charge in [-0.15, -0.1) is 0 Å². The van der Waals surface area contributed by atoms with E-state index in [0.29, 0.717) is 23.4 Å². The molecule has 2 aromatic rings. The second-order valence-corrected chi connectivity index (χ2v) is 7.98. The second kappa shape index (κ2) is 5.81. The first-order valence-electron chi connectivity index (χ1n) is 7.34. The van der Waals surface area contributed by atoms with E-state index in [1.165, 1.54) is 0 Å². The minimum Gasteiger partial charge on any atom is -0.497 e. The fourth-order valence-corrected chi connectivity index (χ4v) is 4.45. The molecule has 0 spiro atoms. The molecule has 0 aliphatic carbocycles. The average molecular weight is 334 g/mol. The third-order valence-electron chi connectivity index (χ3n) is 4.02. The molecule has 0 bridgehead atoms. The minimum absolute atomic E-state index is 0.00657. The summed E-state index contributed by atoms with van der Waals surface area (Å²) in [6.07, 6.45) is 0.460. The number of sulfone groups is 1. The third kappa shape index (κ3) is 3.29. The van der Waals surface area contributed by atoms with E-state index in [9.17, 15) is 13.2 Å². The van der Waals surface area contributed by atoms with Crippen LogP contribution in [0.3, 0.4) is 0 Å². The van der Waals surface area contributed by atoms with Crippen LogP contribution in [0.25, 0.3) is 10.9 Å². The van der Waals surface area contributed by atoms with Gasteiger partial charge in [0.2, 0.25) is 0 Å². The number of fused-ring (bicyclic) bond motifs is 1. The third-order valence-corrected chi connectivity index (χ3v) is 5.79. The van der Waals surface area contributed by atoms with E-state index in [2.05, 4.69) is 10.3 Å². The smallest absolute Gasteiger partial charge is 0.253 e. The number of carbonyl (C=O) groups is 1. The molecule has 23 heavy (non-hydrogen) atoms. The standard InChI is InChI=1S/C16H18N2O4S/c1-10-14(16(19)18-12-5-6-23(20,21)9-12)8-11-7-13(22-2)3-4-15(11)17-10/h3-4,7-8,12H,5-6,9H2,1-2H3,(H,18,19)/t12-/m0/s1. The first kappa shape index (κ1) is 15.7. The van der Waals surface area contributed by atoms with Gasteiger partial charge in [-0.2, -0.15) is 0 Å². The lowest BCUT2D eigenvalue weighted by atomic mass is 10.1. The fraction of sp³-hybridized carbons (Fsp3) is 0.375. The van der Waals surface area contributed by atoms with Gasteiger partial charge in [0.05, 0.1) is 35.4 Å². The molecule has 0 unspecified atom stereocenters. The first-order chi connectivity index (χ1) is 10.9. The van der Waals surface area contributed by atoms with Gasteiger partial charge in [-0.25, -0.2) is 8.42 Å². The van der Waals surface area contributed by atoms with E-state index in [1.54, 1.807) is 20.1 Å². The maximum absolute atomic E-state index is 12.5. The summed E-state index contributed by atoms with van der Waals surface area (Å²) >= 11 is 0. The van der Waals surface area contributed by atoms with Crippen molar-refractivity contribution in [2.45, 2.75) is 19.4 Å². The highest BCUT2D eigenvalue weighted by molar-refractivity contribution is 7.91. The molecule has 0 radical (unpaired) electrons. The van der Waals surface area contributed by atoms with Crippen molar-refractivity contribution in [1.82, 2.24) is 10.3 Å². The Morgan fingerprint density at radius 1 is 1.35 bits per heavy atom. The predicted molar refractivity (Wildman–Crippen MR) is 87.6 cm³/mol. The number of nitrogens with one attached hydrogen (secondary N) is 1. The van der Waals surface area contributed by atoms with Crippen molar-refractivity contribution in [3.63, 3.8) is 0 Å². The van der Waals surface area contributed by atoms with Gasteiger partial charge in [0.1, 0.15) is 5.75 Å². The summed E-state index contributed by atoms with van der Waals surface area (Å²) in [4.78, 5) is 16.9. The summed E-state index contributed by atoms with van der Waals surface area (Å²) in [6.45, 7) is 1.77. The summed E-state index contributed by atoms with van der Waals surface area (Å²) in [5.41, 5.74) is 1.85. The van der Waals surface area contributed by atoms with Crippen molar-refractivity contribution in [1.29, 1.82) is 0 Å². The van der Waals surface area contributed by atoms with Gasteiger partial charge >= 0.3 is 0 Å². The molecular formula is C16H18N2O4S. The number of aromatic nitrogens is 1. The maximum atomic E-state index is 12.5. The molecule has 1 fully saturated rings. The number of hydrogen-bond donors (Lipinski definition) is 1. The number of pyridine rings is 1. The van der Waals surface area contributed by atoms with E-state index >= 15 is 0 Å². The molecule has 7 heteroatoms. The van der Waals surface area contributed by atoms with Crippen LogP contribution in [0.4, 0.5) is 0 Å². The van der Waals surface area contributed by atoms with Gasteiger partial charge < -0.3 is 10.1 Å². The van der Waals surface area contributed by atoms with Crippen LogP contribution in [0.5, 0.6) is 5.75 Å². The zero-order chi connectivity index (χ0) is 16.6. The Kier molecular flexibility index (Phi) is 3.97. The number of carbonyl (C=O) groups excluding carboxylic acids is 1. The highest BCUT2D eigenvalue weighted by Gasteiger charge is 2.29. The van der Waals surface area contributed by atoms with E-state index in [4.69, 9.17) is 4.74 Å². The summed E-state index contributed by atoms with van der Waals surface area (Å²) in [6, 6.07) is 6.91. The van der Waals surface area contributed by atoms with E-state index in [1.807, 2.05) is 18.2 Å². The molecule has 0 saturated carbocycles. The van der Waals surface area contributed by atoms with Crippen LogP contribution in [-0.4, -0.2) is 44.0 Å². The van der Waals surface area contributed by atoms with Gasteiger partial charge in [0, 0.05) is 11.4 Å². The Morgan fingerprint density at radius 2 is 2.13 bits per heavy atom. The molecule has 1 atom stereocenters. The molecule has 1 aromatic carbocycles. The number of ether oxygens (including phenoxy) is 1. The second-order valence-electron chi connectivity index (χ2n) is 5.75. The van der Waals surface area contributed by atoms with Gasteiger partial charge in [-0.05, 0) is 37.6 Å². The van der Waals surface area contributed by atoms with Crippen molar-refractivity contribution < 1.29 is 17.9 Å². The summed E-state index contributed by atoms with van der Waals surface area (Å²) < 4.78 is 28.2. The van der Waals surface area contributed by atoms with E-state index < -0.39 is 9.84 Å². The molecular weight excluding hydrogens is 316 g/mol. The molecule has 2 heterocycles. The fourth-order valence-electron chi connectivity index (χ4n) is 2.78. The van der Waals surface area contributed by atoms with E-state index in [-0.39, 0.29) is 23.5 Å². The average Bonchev–Trinajstić information content (AvgIpc) is 2.84. The van der Waals surface area contributed by atoms with Crippen LogP contribution < -0.4 is 10.1 Å². The Hall–Kier alpha value is -2.15. The summed E-state index contributed by atoms with van der Waals surface area (Å²) in [5, 5.41) is 3.60. The van der Waals surface area contributed by atoms with Gasteiger partial charge in [-0.1, -0.05) is 0 Å². The lowest BCUT2D eigenvalue weighted by Crippen LogP contribution is -2.36. The highest BCUT2D eigenvalue weighted by Crippen LogP contribution is 2.22. The zero-order valence-electron chi connectivity index (χ0n) is 13.0. The van der Waals surface area contributed by atoms with Gasteiger partial charge in [0.15, 0.2) is 9.84 Å². The minimum atomic E-state index is -3.02. The number of hydrogen-bond acceptors (Lipinski definition) is 5. The normalized spacial score (nSPS) is 19.7. The highest BCUT2D eigenvalue weighted by atomic mass is 32.2. The molecule has 1 aliphatic heterocycles. The van der Waals surface area contributed by atoms with Crippen molar-refractivity contribution in [3.05, 3.63) is 35.5 Å². The number of nitrogens with zero attached hydrogens (tertiary/aromatic N) is 1. The zero-order valence-corrected chi connectivity index (χ0v) is 13.8. The van der Waals surface area contributed by atoms with Crippen molar-refractivity contribution in [2.75, 3.05) is 18.6 Å². The lowest BCUT2D eigenvalue weighted by molar-refractivity contribution is 0.0940. The monoisotopic (exact) mass is 334 g/mol. The topological polar surface area (TPSA) is 85.4 Å². The summed E-state index contributed by atoms with van der Waals surface area (Å²) in [5.74, 6) is 0.537. The number of aryl methyl sites for hydroxylation is 1. The predicted octanol–water partition coefficient (Wildman–Crippen LogP) is 1.47. The Bertz CT molecular complexity index is 877. The van der Waals surface area contributed by atoms with Crippen LogP contribution in [0.15, 0.2) is 24.3 Å². The molecule has 1 saturated heterocycles. The van der Waals surface area contributed by atoms with Gasteiger partial charge in [0.25, 0.3) is 5.91 Å². The Labute approximate surface area is 134 Å². The quantitative estimate of drug-likeness (QED) is 0.919. The number of methoxy groups -OCH3 is 1. The van der Waals surface area contributed by atoms with Crippen LogP contribution in [0.2, 0.25) is 0 Å². The molecule has 1 N–H and O–H groups in total. The molecule has 1 aromatic heterocycles. The number of rotatable bonds is 3. The molecule has 1 aliphatic rings. The Morgan fingerprint density at radius 3 is 2.78 bits per heavy atom. The van der Waals surface area contributed by atoms with Crippen LogP contribution in [-0.2, 0) is 9.84 Å². The molecule has 122 valence electrons. The number of amides is 1. The molecule has 1 amide bonds. The van der Waals surface area contributed by atoms with Gasteiger partial charge in [-0.3, -0.25) is 9.78 Å². The van der Waals surface area contributed by atoms with Crippen molar-refractivity contribution >= 4 is 26.6 Å². The van der Waals surface area contributed by atoms with Crippen molar-refractivity contribution in [3.8, 4) is 5.75 Å². The number of benzene rings is 1. The summed E-state index contributed by atoms with van der Waals surface area (Å²) in [7, 11) is -1.44. The van der Waals surface area contributed by atoms with Crippen molar-refractivity contribution in [2.24, 2.45) is 0 Å². The van der Waals surface area contributed by atoms with Crippen LogP contribution >= 0.6 is 0 Å². The van der Waals surface area contributed by atoms with E-state index in [0.717, 1.165) is 10.9 Å². The Balaban J connectivity index is 1.89. The first-order valence-corrected chi connectivity index (χ1v) is 9.17. The lowest BCUT2D eigenvalue weighted by Gasteiger charge is -2.13. The maximum Gasteiger partial charge on any atom is 0.253 e. The molecule has 6 nitrogen and oxygen atoms in total. The molecule has 3 rings (SSSR count). The SMILES string of the molecule is COc1ccc2nc(C)c(C(=O)N[C@H]3CCS(=O)(=O)C3)cc2c1.